The molecule has 2 amide bonds. The fourth-order valence-electron chi connectivity index (χ4n) is 3.87. The fraction of sp³-hybridized carbons (Fsp3) is 0.600. The average molecular weight is 438 g/mol. The molecule has 10 heteroatoms. The Hall–Kier alpha value is -2.17. The number of morpholine rings is 1. The summed E-state index contributed by atoms with van der Waals surface area (Å²) in [6, 6.07) is 4.75. The summed E-state index contributed by atoms with van der Waals surface area (Å²) in [4.78, 5) is 26.9. The molecule has 1 N–H and O–H groups in total. The number of ether oxygens (including phenoxy) is 2. The van der Waals surface area contributed by atoms with Crippen LogP contribution in [0.3, 0.4) is 0 Å². The molecule has 2 heterocycles. The molecule has 0 radical (unpaired) electrons. The van der Waals surface area contributed by atoms with Gasteiger partial charge in [0.25, 0.3) is 0 Å². The van der Waals surface area contributed by atoms with Crippen molar-refractivity contribution in [1.82, 2.24) is 9.21 Å². The van der Waals surface area contributed by atoms with Gasteiger partial charge in [0.1, 0.15) is 5.75 Å². The predicted octanol–water partition coefficient (Wildman–Crippen LogP) is 1.06. The molecule has 1 atom stereocenters. The molecule has 3 fully saturated rings. The molecule has 3 aliphatic rings. The monoisotopic (exact) mass is 437 g/mol. The summed E-state index contributed by atoms with van der Waals surface area (Å²) >= 11 is 0. The smallest absolute Gasteiger partial charge is 0.243 e. The largest absolute Gasteiger partial charge is 0.492 e. The number of likely N-dealkylation sites (tertiary alicyclic amines) is 1. The minimum atomic E-state index is -3.71. The van der Waals surface area contributed by atoms with Crippen LogP contribution in [-0.2, 0) is 24.3 Å². The van der Waals surface area contributed by atoms with Crippen molar-refractivity contribution < 1.29 is 27.5 Å². The molecule has 2 aliphatic heterocycles. The number of amides is 2. The zero-order chi connectivity index (χ0) is 21.3. The van der Waals surface area contributed by atoms with Crippen LogP contribution in [-0.4, -0.2) is 74.9 Å². The third kappa shape index (κ3) is 4.30. The second-order valence-electron chi connectivity index (χ2n) is 7.78. The van der Waals surface area contributed by atoms with E-state index in [1.54, 1.807) is 11.0 Å². The van der Waals surface area contributed by atoms with Gasteiger partial charge in [0, 0.05) is 32.1 Å². The molecule has 0 aromatic heterocycles. The maximum absolute atomic E-state index is 13.0. The standard InChI is InChI=1S/C20H27N3O6S/c1-2-29-18-6-5-16(30(26,27)22-7-9-28-10-8-22)12-17(18)21-20(25)14-11-19(24)23(13-14)15-3-4-15/h5-6,12,14-15H,2-4,7-11,13H2,1H3,(H,21,25). The third-order valence-corrected chi connectivity index (χ3v) is 7.53. The highest BCUT2D eigenvalue weighted by atomic mass is 32.2. The maximum Gasteiger partial charge on any atom is 0.243 e. The first kappa shape index (κ1) is 21.1. The third-order valence-electron chi connectivity index (χ3n) is 5.63. The van der Waals surface area contributed by atoms with Gasteiger partial charge >= 0.3 is 0 Å². The summed E-state index contributed by atoms with van der Waals surface area (Å²) in [5, 5.41) is 2.80. The van der Waals surface area contributed by atoms with E-state index < -0.39 is 15.9 Å². The topological polar surface area (TPSA) is 105 Å². The quantitative estimate of drug-likeness (QED) is 0.684. The zero-order valence-corrected chi connectivity index (χ0v) is 17.8. The van der Waals surface area contributed by atoms with Crippen molar-refractivity contribution in [2.75, 3.05) is 44.8 Å². The summed E-state index contributed by atoms with van der Waals surface area (Å²) in [7, 11) is -3.71. The maximum atomic E-state index is 13.0. The number of carbonyl (C=O) groups excluding carboxylic acids is 2. The van der Waals surface area contributed by atoms with Gasteiger partial charge in [-0.05, 0) is 38.0 Å². The Morgan fingerprint density at radius 3 is 2.67 bits per heavy atom. The van der Waals surface area contributed by atoms with Gasteiger partial charge < -0.3 is 19.7 Å². The average Bonchev–Trinajstić information content (AvgIpc) is 3.51. The van der Waals surface area contributed by atoms with Crippen molar-refractivity contribution >= 4 is 27.5 Å². The van der Waals surface area contributed by atoms with Gasteiger partial charge in [0.15, 0.2) is 0 Å². The van der Waals surface area contributed by atoms with Crippen LogP contribution in [0.4, 0.5) is 5.69 Å². The molecular weight excluding hydrogens is 410 g/mol. The zero-order valence-electron chi connectivity index (χ0n) is 17.0. The summed E-state index contributed by atoms with van der Waals surface area (Å²) in [6.07, 6.45) is 2.17. The van der Waals surface area contributed by atoms with E-state index in [4.69, 9.17) is 9.47 Å². The van der Waals surface area contributed by atoms with E-state index >= 15 is 0 Å². The lowest BCUT2D eigenvalue weighted by Crippen LogP contribution is -2.40. The number of nitrogens with one attached hydrogen (secondary N) is 1. The van der Waals surface area contributed by atoms with E-state index in [9.17, 15) is 18.0 Å². The highest BCUT2D eigenvalue weighted by molar-refractivity contribution is 7.89. The lowest BCUT2D eigenvalue weighted by atomic mass is 10.1. The summed E-state index contributed by atoms with van der Waals surface area (Å²) in [5.74, 6) is -0.345. The van der Waals surface area contributed by atoms with Gasteiger partial charge in [-0.3, -0.25) is 9.59 Å². The number of rotatable bonds is 7. The lowest BCUT2D eigenvalue weighted by molar-refractivity contribution is -0.128. The molecule has 2 saturated heterocycles. The van der Waals surface area contributed by atoms with E-state index in [-0.39, 0.29) is 29.2 Å². The second kappa shape index (κ2) is 8.52. The van der Waals surface area contributed by atoms with E-state index in [0.29, 0.717) is 50.9 Å². The molecule has 0 spiro atoms. The Labute approximate surface area is 176 Å². The second-order valence-corrected chi connectivity index (χ2v) is 9.71. The number of hydrogen-bond acceptors (Lipinski definition) is 6. The van der Waals surface area contributed by atoms with Crippen LogP contribution in [0.2, 0.25) is 0 Å². The van der Waals surface area contributed by atoms with Crippen molar-refractivity contribution in [3.63, 3.8) is 0 Å². The molecule has 1 unspecified atom stereocenters. The Kier molecular flexibility index (Phi) is 5.99. The van der Waals surface area contributed by atoms with Crippen molar-refractivity contribution in [3.8, 4) is 5.75 Å². The highest BCUT2D eigenvalue weighted by Gasteiger charge is 2.42. The molecule has 4 rings (SSSR count). The van der Waals surface area contributed by atoms with Crippen LogP contribution in [0, 0.1) is 5.92 Å². The van der Waals surface area contributed by atoms with Gasteiger partial charge in [-0.2, -0.15) is 4.31 Å². The van der Waals surface area contributed by atoms with Gasteiger partial charge in [-0.15, -0.1) is 0 Å². The van der Waals surface area contributed by atoms with Crippen LogP contribution in [0.5, 0.6) is 5.75 Å². The first-order valence-electron chi connectivity index (χ1n) is 10.3. The van der Waals surface area contributed by atoms with Crippen LogP contribution in [0.25, 0.3) is 0 Å². The van der Waals surface area contributed by atoms with Crippen LogP contribution in [0.15, 0.2) is 23.1 Å². The van der Waals surface area contributed by atoms with E-state index in [2.05, 4.69) is 5.32 Å². The van der Waals surface area contributed by atoms with Crippen LogP contribution in [0.1, 0.15) is 26.2 Å². The first-order valence-corrected chi connectivity index (χ1v) is 11.8. The lowest BCUT2D eigenvalue weighted by Gasteiger charge is -2.26. The molecule has 0 bridgehead atoms. The molecule has 1 saturated carbocycles. The Morgan fingerprint density at radius 2 is 2.00 bits per heavy atom. The van der Waals surface area contributed by atoms with E-state index in [0.717, 1.165) is 12.8 Å². The van der Waals surface area contributed by atoms with Crippen molar-refractivity contribution in [3.05, 3.63) is 18.2 Å². The van der Waals surface area contributed by atoms with Crippen molar-refractivity contribution in [2.24, 2.45) is 5.92 Å². The predicted molar refractivity (Wildman–Crippen MR) is 109 cm³/mol. The number of nitrogens with zero attached hydrogens (tertiary/aromatic N) is 2. The van der Waals surface area contributed by atoms with Gasteiger partial charge in [-0.1, -0.05) is 0 Å². The number of carbonyl (C=O) groups is 2. The van der Waals surface area contributed by atoms with Gasteiger partial charge in [0.2, 0.25) is 21.8 Å². The SMILES string of the molecule is CCOc1ccc(S(=O)(=O)N2CCOCC2)cc1NC(=O)C1CC(=O)N(C2CC2)C1. The molecule has 1 aromatic rings. The van der Waals surface area contributed by atoms with E-state index in [1.165, 1.54) is 16.4 Å². The number of hydrogen-bond donors (Lipinski definition) is 1. The molecule has 1 aromatic carbocycles. The van der Waals surface area contributed by atoms with Crippen LogP contribution >= 0.6 is 0 Å². The normalized spacial score (nSPS) is 22.9. The minimum absolute atomic E-state index is 0.00586. The minimum Gasteiger partial charge on any atom is -0.492 e. The number of sulfonamides is 1. The molecule has 164 valence electrons. The summed E-state index contributed by atoms with van der Waals surface area (Å²) < 4.78 is 38.2. The molecule has 30 heavy (non-hydrogen) atoms. The number of anilines is 1. The van der Waals surface area contributed by atoms with Gasteiger partial charge in [0.05, 0.1) is 36.3 Å². The Balaban J connectivity index is 1.54. The Morgan fingerprint density at radius 1 is 1.27 bits per heavy atom. The summed E-state index contributed by atoms with van der Waals surface area (Å²) in [6.45, 7) is 3.88. The van der Waals surface area contributed by atoms with Crippen molar-refractivity contribution in [1.29, 1.82) is 0 Å². The first-order chi connectivity index (χ1) is 14.4. The Bertz CT molecular complexity index is 924. The van der Waals surface area contributed by atoms with Crippen molar-refractivity contribution in [2.45, 2.75) is 37.1 Å². The molecular formula is C20H27N3O6S. The fourth-order valence-corrected chi connectivity index (χ4v) is 5.30. The number of benzene rings is 1. The molecule has 1 aliphatic carbocycles. The summed E-state index contributed by atoms with van der Waals surface area (Å²) in [5.41, 5.74) is 0.300. The van der Waals surface area contributed by atoms with Gasteiger partial charge in [-0.25, -0.2) is 8.42 Å². The highest BCUT2D eigenvalue weighted by Crippen LogP contribution is 2.34. The molecule has 9 nitrogen and oxygen atoms in total. The van der Waals surface area contributed by atoms with E-state index in [1.807, 2.05) is 6.92 Å². The van der Waals surface area contributed by atoms with Crippen LogP contribution < -0.4 is 10.1 Å².